The molecule has 0 bridgehead atoms. The summed E-state index contributed by atoms with van der Waals surface area (Å²) in [4.78, 5) is 12.9. The van der Waals surface area contributed by atoms with E-state index in [1.165, 1.54) is 11.0 Å². The third-order valence-corrected chi connectivity index (χ3v) is 3.33. The molecule has 0 atom stereocenters. The largest absolute Gasteiger partial charge is 0.523 e. The zero-order valence-corrected chi connectivity index (χ0v) is 12.5. The second-order valence-corrected chi connectivity index (χ2v) is 6.99. The van der Waals surface area contributed by atoms with Crippen LogP contribution in [0.2, 0.25) is 0 Å². The molecule has 0 unspecified atom stereocenters. The van der Waals surface area contributed by atoms with Crippen molar-refractivity contribution < 1.29 is 35.3 Å². The quantitative estimate of drug-likeness (QED) is 0.449. The second kappa shape index (κ2) is 5.84. The number of halogens is 3. The molecule has 1 fully saturated rings. The van der Waals surface area contributed by atoms with Crippen molar-refractivity contribution in [1.29, 1.82) is 0 Å². The van der Waals surface area contributed by atoms with E-state index in [1.54, 1.807) is 20.8 Å². The number of likely N-dealkylation sites (tertiary alicyclic amines) is 1. The van der Waals surface area contributed by atoms with E-state index in [4.69, 9.17) is 4.74 Å². The minimum Gasteiger partial charge on any atom is -0.444 e. The maximum atomic E-state index is 12.0. The zero-order valence-electron chi connectivity index (χ0n) is 11.7. The first-order valence-corrected chi connectivity index (χ1v) is 7.34. The number of amides is 1. The van der Waals surface area contributed by atoms with Crippen LogP contribution in [0.3, 0.4) is 0 Å². The van der Waals surface area contributed by atoms with E-state index in [9.17, 15) is 26.4 Å². The van der Waals surface area contributed by atoms with E-state index in [0.717, 1.165) is 0 Å². The molecule has 1 aliphatic heterocycles. The Balaban J connectivity index is 2.40. The molecule has 122 valence electrons. The summed E-state index contributed by atoms with van der Waals surface area (Å²) in [5.74, 6) is 0. The van der Waals surface area contributed by atoms with Crippen LogP contribution in [-0.4, -0.2) is 50.2 Å². The lowest BCUT2D eigenvalue weighted by molar-refractivity contribution is -0.0535. The van der Waals surface area contributed by atoms with E-state index < -0.39 is 33.9 Å². The van der Waals surface area contributed by atoms with Crippen LogP contribution < -0.4 is 0 Å². The van der Waals surface area contributed by atoms with Crippen LogP contribution in [0.25, 0.3) is 0 Å². The Morgan fingerprint density at radius 1 is 1.29 bits per heavy atom. The van der Waals surface area contributed by atoms with Gasteiger partial charge in [0.1, 0.15) is 5.60 Å². The summed E-state index contributed by atoms with van der Waals surface area (Å²) >= 11 is 0. The molecular formula is C11H16F3NO5S. The predicted molar refractivity (Wildman–Crippen MR) is 66.8 cm³/mol. The van der Waals surface area contributed by atoms with Gasteiger partial charge >= 0.3 is 21.7 Å². The van der Waals surface area contributed by atoms with Gasteiger partial charge in [0.05, 0.1) is 6.61 Å². The predicted octanol–water partition coefficient (Wildman–Crippen LogP) is 2.03. The van der Waals surface area contributed by atoms with E-state index in [-0.39, 0.29) is 13.1 Å². The molecule has 6 nitrogen and oxygen atoms in total. The van der Waals surface area contributed by atoms with Crippen molar-refractivity contribution in [3.8, 4) is 0 Å². The fourth-order valence-electron chi connectivity index (χ4n) is 1.34. The number of carbonyl (C=O) groups is 1. The Kier molecular flexibility index (Phi) is 4.94. The summed E-state index contributed by atoms with van der Waals surface area (Å²) in [5.41, 5.74) is -5.48. The molecule has 0 aromatic heterocycles. The Morgan fingerprint density at radius 3 is 2.24 bits per heavy atom. The Morgan fingerprint density at radius 2 is 1.81 bits per heavy atom. The molecule has 21 heavy (non-hydrogen) atoms. The van der Waals surface area contributed by atoms with Crippen LogP contribution in [0.4, 0.5) is 18.0 Å². The maximum Gasteiger partial charge on any atom is 0.523 e. The second-order valence-electron chi connectivity index (χ2n) is 5.38. The van der Waals surface area contributed by atoms with E-state index >= 15 is 0 Å². The smallest absolute Gasteiger partial charge is 0.444 e. The fourth-order valence-corrected chi connectivity index (χ4v) is 1.72. The van der Waals surface area contributed by atoms with Crippen molar-refractivity contribution in [1.82, 2.24) is 4.90 Å². The number of hydrogen-bond donors (Lipinski definition) is 0. The number of carbonyl (C=O) groups excluding carboxylic acids is 1. The van der Waals surface area contributed by atoms with Gasteiger partial charge in [-0.2, -0.15) is 21.6 Å². The lowest BCUT2D eigenvalue weighted by atomic mass is 10.1. The third kappa shape index (κ3) is 5.20. The first-order valence-electron chi connectivity index (χ1n) is 5.93. The first kappa shape index (κ1) is 17.8. The molecule has 0 aliphatic carbocycles. The Labute approximate surface area is 120 Å². The number of alkyl halides is 3. The minimum atomic E-state index is -5.58. The Bertz CT molecular complexity index is 525. The monoisotopic (exact) mass is 331 g/mol. The number of rotatable bonds is 3. The van der Waals surface area contributed by atoms with Crippen molar-refractivity contribution >= 4 is 16.2 Å². The van der Waals surface area contributed by atoms with Gasteiger partial charge in [0.15, 0.2) is 0 Å². The summed E-state index contributed by atoms with van der Waals surface area (Å²) in [6.45, 7) is 4.74. The molecule has 0 aromatic rings. The van der Waals surface area contributed by atoms with Crippen molar-refractivity contribution in [2.45, 2.75) is 31.9 Å². The standard InChI is InChI=1S/C11H16F3NO5S/c1-10(2,3)20-9(16)15-6-8(7-15)4-5-19-21(17,18)11(12,13)14/h4H,5-7H2,1-3H3. The average molecular weight is 331 g/mol. The summed E-state index contributed by atoms with van der Waals surface area (Å²) in [7, 11) is -5.58. The highest BCUT2D eigenvalue weighted by Crippen LogP contribution is 2.25. The van der Waals surface area contributed by atoms with E-state index in [1.807, 2.05) is 0 Å². The Hall–Kier alpha value is -1.29. The molecule has 10 heteroatoms. The lowest BCUT2D eigenvalue weighted by Crippen LogP contribution is -2.47. The zero-order chi connectivity index (χ0) is 16.5. The lowest BCUT2D eigenvalue weighted by Gasteiger charge is -2.35. The normalized spacial score (nSPS) is 16.5. The summed E-state index contributed by atoms with van der Waals surface area (Å²) in [6.07, 6.45) is 0.660. The van der Waals surface area contributed by atoms with Gasteiger partial charge in [0.2, 0.25) is 0 Å². The molecule has 0 spiro atoms. The van der Waals surface area contributed by atoms with Gasteiger partial charge in [0, 0.05) is 13.1 Å². The highest BCUT2D eigenvalue weighted by Gasteiger charge is 2.47. The van der Waals surface area contributed by atoms with E-state index in [0.29, 0.717) is 5.57 Å². The molecule has 1 saturated heterocycles. The molecule has 1 rings (SSSR count). The molecule has 0 radical (unpaired) electrons. The van der Waals surface area contributed by atoms with Gasteiger partial charge in [-0.25, -0.2) is 4.79 Å². The highest BCUT2D eigenvalue weighted by atomic mass is 32.2. The van der Waals surface area contributed by atoms with Gasteiger partial charge < -0.3 is 9.64 Å². The molecule has 0 N–H and O–H groups in total. The average Bonchev–Trinajstić information content (AvgIpc) is 2.16. The van der Waals surface area contributed by atoms with Crippen LogP contribution in [0.5, 0.6) is 0 Å². The van der Waals surface area contributed by atoms with Crippen molar-refractivity contribution in [3.05, 3.63) is 11.6 Å². The summed E-state index contributed by atoms with van der Waals surface area (Å²) < 4.78 is 66.0. The van der Waals surface area contributed by atoms with E-state index in [2.05, 4.69) is 4.18 Å². The summed E-state index contributed by atoms with van der Waals surface area (Å²) in [6, 6.07) is 0. The van der Waals surface area contributed by atoms with Gasteiger partial charge in [-0.1, -0.05) is 6.08 Å². The topological polar surface area (TPSA) is 72.9 Å². The van der Waals surface area contributed by atoms with Crippen molar-refractivity contribution in [3.63, 3.8) is 0 Å². The molecule has 0 saturated carbocycles. The number of hydrogen-bond acceptors (Lipinski definition) is 5. The van der Waals surface area contributed by atoms with Crippen molar-refractivity contribution in [2.24, 2.45) is 0 Å². The van der Waals surface area contributed by atoms with Crippen LogP contribution in [0, 0.1) is 0 Å². The highest BCUT2D eigenvalue weighted by molar-refractivity contribution is 7.87. The molecule has 1 heterocycles. The molecule has 1 aliphatic rings. The van der Waals surface area contributed by atoms with Crippen LogP contribution in [-0.2, 0) is 19.0 Å². The molecule has 0 aromatic carbocycles. The maximum absolute atomic E-state index is 12.0. The summed E-state index contributed by atoms with van der Waals surface area (Å²) in [5, 5.41) is 0. The number of ether oxygens (including phenoxy) is 1. The van der Waals surface area contributed by atoms with Crippen molar-refractivity contribution in [2.75, 3.05) is 19.7 Å². The van der Waals surface area contributed by atoms with Gasteiger partial charge in [-0.15, -0.1) is 0 Å². The van der Waals surface area contributed by atoms with Gasteiger partial charge in [0.25, 0.3) is 0 Å². The van der Waals surface area contributed by atoms with Crippen LogP contribution in [0.1, 0.15) is 20.8 Å². The first-order chi connectivity index (χ1) is 9.32. The van der Waals surface area contributed by atoms with Crippen LogP contribution >= 0.6 is 0 Å². The molecule has 1 amide bonds. The fraction of sp³-hybridized carbons (Fsp3) is 0.727. The van der Waals surface area contributed by atoms with Gasteiger partial charge in [-0.05, 0) is 26.3 Å². The minimum absolute atomic E-state index is 0.171. The molecular weight excluding hydrogens is 315 g/mol. The van der Waals surface area contributed by atoms with Crippen LogP contribution in [0.15, 0.2) is 11.6 Å². The third-order valence-electron chi connectivity index (χ3n) is 2.32. The van der Waals surface area contributed by atoms with Gasteiger partial charge in [-0.3, -0.25) is 4.18 Å². The number of nitrogens with zero attached hydrogens (tertiary/aromatic N) is 1. The SMILES string of the molecule is CC(C)(C)OC(=O)N1CC(=CCOS(=O)(=O)C(F)(F)F)C1.